The van der Waals surface area contributed by atoms with Crippen LogP contribution in [0.25, 0.3) is 0 Å². The van der Waals surface area contributed by atoms with Crippen LogP contribution in [0.2, 0.25) is 0 Å². The number of aromatic nitrogens is 2. The van der Waals surface area contributed by atoms with Gasteiger partial charge in [-0.25, -0.2) is 8.42 Å². The van der Waals surface area contributed by atoms with Gasteiger partial charge in [0.05, 0.1) is 11.9 Å². The van der Waals surface area contributed by atoms with Gasteiger partial charge < -0.3 is 9.90 Å². The summed E-state index contributed by atoms with van der Waals surface area (Å²) in [4.78, 5) is 11.0. The third-order valence-electron chi connectivity index (χ3n) is 3.76. The molecule has 20 heavy (non-hydrogen) atoms. The van der Waals surface area contributed by atoms with Crippen LogP contribution in [-0.2, 0) is 21.4 Å². The molecule has 8 heteroatoms. The van der Waals surface area contributed by atoms with Gasteiger partial charge in [0.1, 0.15) is 4.90 Å². The van der Waals surface area contributed by atoms with Crippen LogP contribution >= 0.6 is 0 Å². The Morgan fingerprint density at radius 2 is 2.05 bits per heavy atom. The molecule has 0 aliphatic carbocycles. The van der Waals surface area contributed by atoms with E-state index in [-0.39, 0.29) is 18.0 Å². The standard InChI is InChI=1S/C12H19N3O4S/c1-3-15-9(2)11(8-13-15)20(18,19)14-6-4-10(5-7-14)12(16)17/h8,10H,3-7H2,1-2H3,(H,16,17)/p-1. The number of carbonyl (C=O) groups excluding carboxylic acids is 1. The molecule has 1 aromatic heterocycles. The second kappa shape index (κ2) is 5.53. The topological polar surface area (TPSA) is 95.3 Å². The number of aliphatic carboxylic acids is 1. The van der Waals surface area contributed by atoms with E-state index in [2.05, 4.69) is 5.10 Å². The molecule has 0 atom stereocenters. The number of aryl methyl sites for hydroxylation is 1. The quantitative estimate of drug-likeness (QED) is 0.737. The summed E-state index contributed by atoms with van der Waals surface area (Å²) in [5.41, 5.74) is 0.606. The van der Waals surface area contributed by atoms with Gasteiger partial charge in [-0.2, -0.15) is 9.40 Å². The lowest BCUT2D eigenvalue weighted by atomic mass is 9.99. The van der Waals surface area contributed by atoms with Gasteiger partial charge in [0.25, 0.3) is 0 Å². The molecule has 1 aliphatic rings. The molecule has 0 saturated carbocycles. The number of carboxylic acid groups (broad SMARTS) is 1. The Bertz CT molecular complexity index is 600. The Kier molecular flexibility index (Phi) is 4.14. The van der Waals surface area contributed by atoms with Gasteiger partial charge in [0.2, 0.25) is 10.0 Å². The lowest BCUT2D eigenvalue weighted by Gasteiger charge is -2.31. The highest BCUT2D eigenvalue weighted by Crippen LogP contribution is 2.25. The highest BCUT2D eigenvalue weighted by atomic mass is 32.2. The Balaban J connectivity index is 2.19. The first-order chi connectivity index (χ1) is 9.37. The molecule has 1 aliphatic heterocycles. The lowest BCUT2D eigenvalue weighted by molar-refractivity contribution is -0.312. The zero-order chi connectivity index (χ0) is 14.9. The molecule has 2 heterocycles. The van der Waals surface area contributed by atoms with E-state index in [4.69, 9.17) is 0 Å². The Morgan fingerprint density at radius 3 is 2.50 bits per heavy atom. The van der Waals surface area contributed by atoms with E-state index in [0.717, 1.165) is 0 Å². The van der Waals surface area contributed by atoms with Crippen LogP contribution in [0.15, 0.2) is 11.1 Å². The van der Waals surface area contributed by atoms with Gasteiger partial charge in [-0.1, -0.05) is 0 Å². The molecule has 0 radical (unpaired) electrons. The molecule has 0 unspecified atom stereocenters. The van der Waals surface area contributed by atoms with Crippen molar-refractivity contribution in [1.29, 1.82) is 0 Å². The minimum absolute atomic E-state index is 0.200. The van der Waals surface area contributed by atoms with Gasteiger partial charge in [0, 0.05) is 31.5 Å². The molecule has 7 nitrogen and oxygen atoms in total. The van der Waals surface area contributed by atoms with Crippen molar-refractivity contribution < 1.29 is 18.3 Å². The zero-order valence-electron chi connectivity index (χ0n) is 11.6. The van der Waals surface area contributed by atoms with Crippen LogP contribution in [-0.4, -0.2) is 41.6 Å². The average molecular weight is 300 g/mol. The maximum absolute atomic E-state index is 12.5. The lowest BCUT2D eigenvalue weighted by Crippen LogP contribution is -2.43. The number of sulfonamides is 1. The maximum Gasteiger partial charge on any atom is 0.246 e. The van der Waals surface area contributed by atoms with Gasteiger partial charge in [0.15, 0.2) is 0 Å². The number of hydrogen-bond acceptors (Lipinski definition) is 5. The van der Waals surface area contributed by atoms with E-state index in [1.54, 1.807) is 11.6 Å². The molecule has 0 amide bonds. The maximum atomic E-state index is 12.5. The fourth-order valence-corrected chi connectivity index (χ4v) is 4.10. The zero-order valence-corrected chi connectivity index (χ0v) is 12.4. The van der Waals surface area contributed by atoms with Crippen molar-refractivity contribution >= 4 is 16.0 Å². The predicted molar refractivity (Wildman–Crippen MR) is 69.1 cm³/mol. The SMILES string of the molecule is CCn1ncc(S(=O)(=O)N2CCC(C(=O)[O-])CC2)c1C. The molecule has 1 aromatic rings. The largest absolute Gasteiger partial charge is 0.550 e. The van der Waals surface area contributed by atoms with Crippen molar-refractivity contribution in [2.45, 2.75) is 38.1 Å². The molecule has 0 aromatic carbocycles. The van der Waals surface area contributed by atoms with E-state index in [1.807, 2.05) is 6.92 Å². The van der Waals surface area contributed by atoms with E-state index in [1.165, 1.54) is 10.5 Å². The molecule has 0 bridgehead atoms. The molecule has 0 N–H and O–H groups in total. The fraction of sp³-hybridized carbons (Fsp3) is 0.667. The third kappa shape index (κ3) is 2.57. The summed E-state index contributed by atoms with van der Waals surface area (Å²) in [5.74, 6) is -1.65. The smallest absolute Gasteiger partial charge is 0.246 e. The molecule has 0 spiro atoms. The van der Waals surface area contributed by atoms with Crippen LogP contribution in [0.3, 0.4) is 0 Å². The molecular weight excluding hydrogens is 282 g/mol. The van der Waals surface area contributed by atoms with Crippen molar-refractivity contribution in [2.24, 2.45) is 5.92 Å². The van der Waals surface area contributed by atoms with E-state index in [9.17, 15) is 18.3 Å². The average Bonchev–Trinajstić information content (AvgIpc) is 2.80. The molecule has 2 rings (SSSR count). The van der Waals surface area contributed by atoms with Crippen molar-refractivity contribution in [3.63, 3.8) is 0 Å². The Hall–Kier alpha value is -1.41. The summed E-state index contributed by atoms with van der Waals surface area (Å²) in [6, 6.07) is 0. The highest BCUT2D eigenvalue weighted by Gasteiger charge is 2.32. The molecule has 112 valence electrons. The van der Waals surface area contributed by atoms with Crippen LogP contribution in [0.5, 0.6) is 0 Å². The van der Waals surface area contributed by atoms with Crippen molar-refractivity contribution in [3.8, 4) is 0 Å². The van der Waals surface area contributed by atoms with Crippen molar-refractivity contribution in [1.82, 2.24) is 14.1 Å². The van der Waals surface area contributed by atoms with Crippen LogP contribution < -0.4 is 5.11 Å². The first kappa shape index (κ1) is 15.0. The van der Waals surface area contributed by atoms with E-state index >= 15 is 0 Å². The number of piperidine rings is 1. The fourth-order valence-electron chi connectivity index (χ4n) is 2.47. The second-order valence-corrected chi connectivity index (χ2v) is 6.81. The van der Waals surface area contributed by atoms with Crippen molar-refractivity contribution in [2.75, 3.05) is 13.1 Å². The van der Waals surface area contributed by atoms with E-state index in [0.29, 0.717) is 25.1 Å². The number of carboxylic acids is 1. The van der Waals surface area contributed by atoms with Crippen LogP contribution in [0.1, 0.15) is 25.5 Å². The van der Waals surface area contributed by atoms with E-state index < -0.39 is 21.9 Å². The van der Waals surface area contributed by atoms with Crippen molar-refractivity contribution in [3.05, 3.63) is 11.9 Å². The van der Waals surface area contributed by atoms with Gasteiger partial charge in [-0.15, -0.1) is 0 Å². The van der Waals surface area contributed by atoms with Gasteiger partial charge >= 0.3 is 0 Å². The summed E-state index contributed by atoms with van der Waals surface area (Å²) in [5, 5.41) is 14.8. The Labute approximate surface area is 118 Å². The highest BCUT2D eigenvalue weighted by molar-refractivity contribution is 7.89. The summed E-state index contributed by atoms with van der Waals surface area (Å²) in [6.07, 6.45) is 1.95. The number of carbonyl (C=O) groups is 1. The van der Waals surface area contributed by atoms with Crippen LogP contribution in [0, 0.1) is 12.8 Å². The van der Waals surface area contributed by atoms with Gasteiger partial charge in [-0.3, -0.25) is 4.68 Å². The number of hydrogen-bond donors (Lipinski definition) is 0. The summed E-state index contributed by atoms with van der Waals surface area (Å²) in [7, 11) is -3.59. The summed E-state index contributed by atoms with van der Waals surface area (Å²) >= 11 is 0. The second-order valence-electron chi connectivity index (χ2n) is 4.91. The summed E-state index contributed by atoms with van der Waals surface area (Å²) < 4.78 is 28.0. The summed E-state index contributed by atoms with van der Waals surface area (Å²) in [6.45, 7) is 4.63. The van der Waals surface area contributed by atoms with Crippen LogP contribution in [0.4, 0.5) is 0 Å². The third-order valence-corrected chi connectivity index (χ3v) is 5.76. The molecular formula is C12H18N3O4S-. The first-order valence-electron chi connectivity index (χ1n) is 6.61. The number of nitrogens with zero attached hydrogens (tertiary/aromatic N) is 3. The monoisotopic (exact) mass is 300 g/mol. The molecule has 1 saturated heterocycles. The minimum atomic E-state index is -3.59. The van der Waals surface area contributed by atoms with Gasteiger partial charge in [-0.05, 0) is 26.7 Å². The molecule has 1 fully saturated rings. The first-order valence-corrected chi connectivity index (χ1v) is 8.05. The predicted octanol–water partition coefficient (Wildman–Crippen LogP) is -0.638. The Morgan fingerprint density at radius 1 is 1.45 bits per heavy atom. The minimum Gasteiger partial charge on any atom is -0.550 e. The normalized spacial score (nSPS) is 18.3. The number of rotatable bonds is 4.